The van der Waals surface area contributed by atoms with Gasteiger partial charge in [-0.25, -0.2) is 9.97 Å². The predicted molar refractivity (Wildman–Crippen MR) is 144 cm³/mol. The third kappa shape index (κ3) is 4.42. The Morgan fingerprint density at radius 2 is 1.84 bits per heavy atom. The van der Waals surface area contributed by atoms with E-state index in [0.717, 1.165) is 50.1 Å². The van der Waals surface area contributed by atoms with Gasteiger partial charge in [0.05, 0.1) is 28.8 Å². The van der Waals surface area contributed by atoms with Crippen LogP contribution in [0.4, 0.5) is 5.69 Å². The molecule has 6 rings (SSSR count). The van der Waals surface area contributed by atoms with E-state index in [2.05, 4.69) is 41.5 Å². The Morgan fingerprint density at radius 3 is 2.68 bits per heavy atom. The van der Waals surface area contributed by atoms with Gasteiger partial charge in [0, 0.05) is 42.2 Å². The number of H-pyrrole nitrogens is 2. The Hall–Kier alpha value is -4.92. The minimum absolute atomic E-state index is 0.0342. The largest absolute Gasteiger partial charge is 0.338 e. The molecule has 0 aromatic carbocycles. The summed E-state index contributed by atoms with van der Waals surface area (Å²) in [5.41, 5.74) is 8.12. The van der Waals surface area contributed by atoms with Crippen molar-refractivity contribution in [1.29, 1.82) is 0 Å². The Kier molecular flexibility index (Phi) is 5.65. The van der Waals surface area contributed by atoms with Crippen molar-refractivity contribution in [3.63, 3.8) is 0 Å². The predicted octanol–water partition coefficient (Wildman–Crippen LogP) is 5.61. The minimum atomic E-state index is -0.0342. The van der Waals surface area contributed by atoms with E-state index in [1.165, 1.54) is 0 Å². The van der Waals surface area contributed by atoms with Crippen molar-refractivity contribution in [1.82, 2.24) is 35.1 Å². The number of hydrogen-bond donors (Lipinski definition) is 3. The van der Waals surface area contributed by atoms with Gasteiger partial charge in [-0.15, -0.1) is 0 Å². The van der Waals surface area contributed by atoms with Crippen molar-refractivity contribution in [2.75, 3.05) is 5.32 Å². The lowest BCUT2D eigenvalue weighted by Gasteiger charge is -2.08. The van der Waals surface area contributed by atoms with Crippen LogP contribution in [0.2, 0.25) is 0 Å². The third-order valence-corrected chi connectivity index (χ3v) is 6.10. The summed E-state index contributed by atoms with van der Waals surface area (Å²) in [5, 5.41) is 11.5. The molecule has 0 saturated heterocycles. The first-order valence-electron chi connectivity index (χ1n) is 12.0. The van der Waals surface area contributed by atoms with Crippen molar-refractivity contribution >= 4 is 33.7 Å². The molecule has 6 aromatic rings. The smallest absolute Gasteiger partial charge is 0.224 e. The number of anilines is 1. The maximum Gasteiger partial charge on any atom is 0.224 e. The molecule has 3 N–H and O–H groups in total. The van der Waals surface area contributed by atoms with Gasteiger partial charge in [-0.3, -0.25) is 19.9 Å². The summed E-state index contributed by atoms with van der Waals surface area (Å²) in [6.45, 7) is 4.03. The molecule has 9 heteroatoms. The van der Waals surface area contributed by atoms with Crippen LogP contribution in [0.25, 0.3) is 55.8 Å². The van der Waals surface area contributed by atoms with Crippen LogP contribution in [0.5, 0.6) is 0 Å². The molecule has 0 aliphatic rings. The number of aromatic nitrogens is 7. The molecule has 0 aliphatic carbocycles. The normalized spacial score (nSPS) is 11.4. The average molecular weight is 489 g/mol. The highest BCUT2D eigenvalue weighted by Gasteiger charge is 2.16. The topological polar surface area (TPSA) is 125 Å². The monoisotopic (exact) mass is 488 g/mol. The van der Waals surface area contributed by atoms with Gasteiger partial charge in [0.1, 0.15) is 16.9 Å². The minimum Gasteiger partial charge on any atom is -0.338 e. The number of carbonyl (C=O) groups excluding carboxylic acids is 1. The molecule has 0 spiro atoms. The third-order valence-electron chi connectivity index (χ3n) is 6.10. The lowest BCUT2D eigenvalue weighted by atomic mass is 10.1. The summed E-state index contributed by atoms with van der Waals surface area (Å²) in [6.07, 6.45) is 9.18. The number of pyridine rings is 4. The fourth-order valence-electron chi connectivity index (χ4n) is 4.42. The van der Waals surface area contributed by atoms with Crippen LogP contribution in [-0.2, 0) is 4.79 Å². The van der Waals surface area contributed by atoms with Crippen LogP contribution in [0, 0.1) is 5.92 Å². The fourth-order valence-corrected chi connectivity index (χ4v) is 4.42. The highest BCUT2D eigenvalue weighted by molar-refractivity contribution is 5.99. The molecule has 0 aliphatic heterocycles. The molecular formula is C28H24N8O. The zero-order valence-corrected chi connectivity index (χ0v) is 20.4. The van der Waals surface area contributed by atoms with Crippen LogP contribution in [-0.4, -0.2) is 41.0 Å². The Bertz CT molecular complexity index is 1740. The van der Waals surface area contributed by atoms with E-state index in [0.29, 0.717) is 17.8 Å². The fraction of sp³-hybridized carbons (Fsp3) is 0.143. The van der Waals surface area contributed by atoms with Gasteiger partial charge < -0.3 is 10.3 Å². The quantitative estimate of drug-likeness (QED) is 0.280. The van der Waals surface area contributed by atoms with E-state index in [4.69, 9.17) is 4.98 Å². The number of rotatable bonds is 6. The zero-order chi connectivity index (χ0) is 25.4. The van der Waals surface area contributed by atoms with Gasteiger partial charge in [-0.1, -0.05) is 13.8 Å². The molecule has 37 heavy (non-hydrogen) atoms. The molecule has 9 nitrogen and oxygen atoms in total. The second kappa shape index (κ2) is 9.27. The maximum atomic E-state index is 12.2. The van der Waals surface area contributed by atoms with Gasteiger partial charge in [0.2, 0.25) is 5.91 Å². The first kappa shape index (κ1) is 22.5. The number of amides is 1. The lowest BCUT2D eigenvalue weighted by Crippen LogP contribution is -2.13. The number of nitrogens with one attached hydrogen (secondary N) is 3. The van der Waals surface area contributed by atoms with Gasteiger partial charge in [0.25, 0.3) is 0 Å². The molecule has 182 valence electrons. The van der Waals surface area contributed by atoms with Crippen LogP contribution >= 0.6 is 0 Å². The highest BCUT2D eigenvalue weighted by Crippen LogP contribution is 2.33. The second-order valence-corrected chi connectivity index (χ2v) is 9.31. The number of hydrogen-bond acceptors (Lipinski definition) is 6. The van der Waals surface area contributed by atoms with Crippen LogP contribution in [0.1, 0.15) is 20.3 Å². The maximum absolute atomic E-state index is 12.2. The molecular weight excluding hydrogens is 464 g/mol. The van der Waals surface area contributed by atoms with Gasteiger partial charge >= 0.3 is 0 Å². The Labute approximate surface area is 212 Å². The average Bonchev–Trinajstić information content (AvgIpc) is 3.52. The first-order chi connectivity index (χ1) is 18.0. The second-order valence-electron chi connectivity index (χ2n) is 9.31. The number of nitrogens with zero attached hydrogens (tertiary/aromatic N) is 5. The van der Waals surface area contributed by atoms with Crippen LogP contribution in [0.15, 0.2) is 73.4 Å². The molecule has 0 atom stereocenters. The summed E-state index contributed by atoms with van der Waals surface area (Å²) in [7, 11) is 0. The summed E-state index contributed by atoms with van der Waals surface area (Å²) in [6, 6.07) is 13.7. The SMILES string of the molecule is CC(C)CC(=O)Nc1cncc(-c2ccc3[nH]nc(-c4cc5c(-c6ccncc6)ccnc5[nH]4)c3n2)c1. The number of fused-ring (bicyclic) bond motifs is 2. The van der Waals surface area contributed by atoms with Crippen LogP contribution < -0.4 is 5.32 Å². The summed E-state index contributed by atoms with van der Waals surface area (Å²) in [5.74, 6) is 0.244. The summed E-state index contributed by atoms with van der Waals surface area (Å²) >= 11 is 0. The van der Waals surface area contributed by atoms with E-state index >= 15 is 0 Å². The Morgan fingerprint density at radius 1 is 0.973 bits per heavy atom. The van der Waals surface area contributed by atoms with Crippen molar-refractivity contribution in [2.24, 2.45) is 5.92 Å². The van der Waals surface area contributed by atoms with Gasteiger partial charge in [0.15, 0.2) is 0 Å². The molecule has 0 fully saturated rings. The number of carbonyl (C=O) groups is 1. The molecule has 6 heterocycles. The molecule has 0 saturated carbocycles. The van der Waals surface area contributed by atoms with Gasteiger partial charge in [-0.05, 0) is 59.5 Å². The standard InChI is InChI=1S/C28H24N8O/c1-16(2)11-25(37)32-19-12-18(14-30-15-19)22-3-4-23-26(33-22)27(36-35-23)24-13-21-20(7-10-31-28(21)34-24)17-5-8-29-9-6-17/h3-10,12-16H,11H2,1-2H3,(H,31,34)(H,32,37)(H,35,36). The van der Waals surface area contributed by atoms with E-state index in [1.54, 1.807) is 31.0 Å². The first-order valence-corrected chi connectivity index (χ1v) is 12.0. The molecule has 0 unspecified atom stereocenters. The van der Waals surface area contributed by atoms with Gasteiger partial charge in [-0.2, -0.15) is 5.10 Å². The molecule has 1 amide bonds. The summed E-state index contributed by atoms with van der Waals surface area (Å²) in [4.78, 5) is 33.5. The van der Waals surface area contributed by atoms with Crippen molar-refractivity contribution in [3.8, 4) is 33.8 Å². The van der Waals surface area contributed by atoms with E-state index in [-0.39, 0.29) is 11.8 Å². The van der Waals surface area contributed by atoms with Crippen LogP contribution in [0.3, 0.4) is 0 Å². The summed E-state index contributed by atoms with van der Waals surface area (Å²) < 4.78 is 0. The van der Waals surface area contributed by atoms with E-state index in [1.807, 2.05) is 50.2 Å². The van der Waals surface area contributed by atoms with Crippen molar-refractivity contribution in [3.05, 3.63) is 73.4 Å². The Balaban J connectivity index is 1.38. The number of aromatic amines is 2. The highest BCUT2D eigenvalue weighted by atomic mass is 16.1. The van der Waals surface area contributed by atoms with E-state index in [9.17, 15) is 4.79 Å². The van der Waals surface area contributed by atoms with E-state index < -0.39 is 0 Å². The molecule has 0 radical (unpaired) electrons. The van der Waals surface area contributed by atoms with Crippen molar-refractivity contribution in [2.45, 2.75) is 20.3 Å². The zero-order valence-electron chi connectivity index (χ0n) is 20.4. The molecule has 6 aromatic heterocycles. The van der Waals surface area contributed by atoms with Crippen molar-refractivity contribution < 1.29 is 4.79 Å². The lowest BCUT2D eigenvalue weighted by molar-refractivity contribution is -0.116. The molecule has 0 bridgehead atoms.